The molecule has 58 heavy (non-hydrogen) atoms. The van der Waals surface area contributed by atoms with Crippen LogP contribution in [0.4, 0.5) is 0 Å². The van der Waals surface area contributed by atoms with Crippen LogP contribution < -0.4 is 5.32 Å². The van der Waals surface area contributed by atoms with Crippen molar-refractivity contribution in [1.29, 1.82) is 0 Å². The van der Waals surface area contributed by atoms with Gasteiger partial charge in [-0.3, -0.25) is 13.8 Å². The average molecular weight is 844 g/mol. The summed E-state index contributed by atoms with van der Waals surface area (Å²) >= 11 is 0. The maximum atomic E-state index is 12.9. The Kier molecular flexibility index (Phi) is 41.0. The second kappa shape index (κ2) is 41.6. The van der Waals surface area contributed by atoms with Gasteiger partial charge in [-0.15, -0.1) is 0 Å². The Morgan fingerprint density at radius 2 is 0.931 bits per heavy atom. The van der Waals surface area contributed by atoms with Crippen LogP contribution in [0.15, 0.2) is 12.2 Å². The summed E-state index contributed by atoms with van der Waals surface area (Å²) in [6.07, 6.45) is 48.1. The van der Waals surface area contributed by atoms with Crippen molar-refractivity contribution in [2.24, 2.45) is 0 Å². The number of aliphatic hydroxyl groups excluding tert-OH is 1. The van der Waals surface area contributed by atoms with E-state index in [9.17, 15) is 19.4 Å². The van der Waals surface area contributed by atoms with Gasteiger partial charge in [-0.1, -0.05) is 212 Å². The summed E-state index contributed by atoms with van der Waals surface area (Å²) in [4.78, 5) is 23.2. The van der Waals surface area contributed by atoms with E-state index in [2.05, 4.69) is 31.3 Å². The van der Waals surface area contributed by atoms with E-state index < -0.39 is 20.0 Å². The molecule has 8 nitrogen and oxygen atoms in total. The van der Waals surface area contributed by atoms with Crippen LogP contribution in [0.25, 0.3) is 0 Å². The number of rotatable bonds is 46. The summed E-state index contributed by atoms with van der Waals surface area (Å²) in [6, 6.07) is -0.757. The summed E-state index contributed by atoms with van der Waals surface area (Å²) in [5.41, 5.74) is 0. The molecule has 9 heteroatoms. The molecule has 0 saturated carbocycles. The zero-order valence-electron chi connectivity index (χ0n) is 39.3. The molecule has 0 heterocycles. The second-order valence-corrected chi connectivity index (χ2v) is 20.0. The summed E-state index contributed by atoms with van der Waals surface area (Å²) in [7, 11) is 1.62. The number of allylic oxidation sites excluding steroid dienone is 2. The Balaban J connectivity index is 4.24. The third kappa shape index (κ3) is 43.3. The normalized spacial score (nSPS) is 14.3. The van der Waals surface area contributed by atoms with E-state index in [1.54, 1.807) is 0 Å². The predicted molar refractivity (Wildman–Crippen MR) is 249 cm³/mol. The van der Waals surface area contributed by atoms with Gasteiger partial charge in [0.25, 0.3) is 0 Å². The molecule has 0 aliphatic carbocycles. The smallest absolute Gasteiger partial charge is 0.391 e. The molecule has 0 rings (SSSR count). The Bertz CT molecular complexity index is 958. The van der Waals surface area contributed by atoms with Crippen LogP contribution in [0.3, 0.4) is 0 Å². The Hall–Kier alpha value is -0.760. The first kappa shape index (κ1) is 57.2. The molecule has 0 aliphatic heterocycles. The van der Waals surface area contributed by atoms with Crippen molar-refractivity contribution < 1.29 is 32.9 Å². The number of carbonyl (C=O) groups excluding carboxylic acids is 1. The molecule has 0 fully saturated rings. The fraction of sp³-hybridized carbons (Fsp3) is 0.939. The van der Waals surface area contributed by atoms with E-state index in [0.717, 1.165) is 38.5 Å². The molecule has 0 radical (unpaired) electrons. The van der Waals surface area contributed by atoms with E-state index >= 15 is 0 Å². The first-order chi connectivity index (χ1) is 28.0. The van der Waals surface area contributed by atoms with Crippen LogP contribution in [-0.4, -0.2) is 73.4 Å². The highest BCUT2D eigenvalue weighted by molar-refractivity contribution is 7.47. The van der Waals surface area contributed by atoms with E-state index in [1.165, 1.54) is 180 Å². The number of likely N-dealkylation sites (N-methyl/N-ethyl adjacent to an activating group) is 1. The highest BCUT2D eigenvalue weighted by Gasteiger charge is 2.28. The van der Waals surface area contributed by atoms with Crippen LogP contribution in [0.2, 0.25) is 0 Å². The minimum Gasteiger partial charge on any atom is -0.391 e. The number of nitrogens with one attached hydrogen (secondary N) is 1. The number of hydrogen-bond donors (Lipinski definition) is 3. The van der Waals surface area contributed by atoms with Crippen LogP contribution >= 0.6 is 7.82 Å². The van der Waals surface area contributed by atoms with Crippen LogP contribution in [0.1, 0.15) is 245 Å². The van der Waals surface area contributed by atoms with Gasteiger partial charge >= 0.3 is 7.82 Å². The second-order valence-electron chi connectivity index (χ2n) is 18.5. The SMILES string of the molecule is CCCCCCCCCC/C=C\CCCCCCCCCCCC(=O)NC(COP(=O)(O)OCC[N+](C)(C)C)C(O)CCCCCCCCCCCCCCCCC. The monoisotopic (exact) mass is 844 g/mol. The molecular formula is C49H100N2O6P+. The molecule has 0 saturated heterocycles. The van der Waals surface area contributed by atoms with E-state index in [4.69, 9.17) is 9.05 Å². The number of hydrogen-bond acceptors (Lipinski definition) is 5. The van der Waals surface area contributed by atoms with Gasteiger partial charge in [-0.25, -0.2) is 4.57 Å². The summed E-state index contributed by atoms with van der Waals surface area (Å²) in [6.45, 7) is 4.91. The third-order valence-corrected chi connectivity index (χ3v) is 12.5. The molecular weight excluding hydrogens is 744 g/mol. The lowest BCUT2D eigenvalue weighted by atomic mass is 10.0. The largest absolute Gasteiger partial charge is 0.472 e. The number of unbranched alkanes of at least 4 members (excludes halogenated alkanes) is 31. The number of amides is 1. The van der Waals surface area contributed by atoms with Crippen molar-refractivity contribution >= 4 is 13.7 Å². The van der Waals surface area contributed by atoms with Crippen molar-refractivity contribution in [2.45, 2.75) is 257 Å². The van der Waals surface area contributed by atoms with E-state index in [-0.39, 0.29) is 19.1 Å². The number of quaternary nitrogens is 1. The summed E-state index contributed by atoms with van der Waals surface area (Å²) in [5.74, 6) is -0.144. The Morgan fingerprint density at radius 3 is 1.33 bits per heavy atom. The highest BCUT2D eigenvalue weighted by atomic mass is 31.2. The topological polar surface area (TPSA) is 105 Å². The van der Waals surface area contributed by atoms with Gasteiger partial charge in [-0.05, 0) is 38.5 Å². The Morgan fingerprint density at radius 1 is 0.569 bits per heavy atom. The molecule has 3 unspecified atom stereocenters. The van der Waals surface area contributed by atoms with E-state index in [1.807, 2.05) is 21.1 Å². The summed E-state index contributed by atoms with van der Waals surface area (Å²) < 4.78 is 23.7. The van der Waals surface area contributed by atoms with Crippen LogP contribution in [-0.2, 0) is 18.4 Å². The van der Waals surface area contributed by atoms with Crippen LogP contribution in [0.5, 0.6) is 0 Å². The van der Waals surface area contributed by atoms with Gasteiger partial charge < -0.3 is 19.8 Å². The average Bonchev–Trinajstić information content (AvgIpc) is 3.17. The number of nitrogens with zero attached hydrogens (tertiary/aromatic N) is 1. The lowest BCUT2D eigenvalue weighted by molar-refractivity contribution is -0.870. The van der Waals surface area contributed by atoms with Crippen LogP contribution in [0, 0.1) is 0 Å². The van der Waals surface area contributed by atoms with Crippen molar-refractivity contribution in [3.8, 4) is 0 Å². The minimum absolute atomic E-state index is 0.0764. The molecule has 0 aromatic rings. The first-order valence-corrected chi connectivity index (χ1v) is 26.5. The highest BCUT2D eigenvalue weighted by Crippen LogP contribution is 2.43. The van der Waals surface area contributed by atoms with E-state index in [0.29, 0.717) is 23.9 Å². The van der Waals surface area contributed by atoms with Gasteiger partial charge in [0, 0.05) is 6.42 Å². The number of carbonyl (C=O) groups is 1. The molecule has 0 aromatic carbocycles. The number of phosphoric acid groups is 1. The maximum Gasteiger partial charge on any atom is 0.472 e. The lowest BCUT2D eigenvalue weighted by Gasteiger charge is -2.26. The lowest BCUT2D eigenvalue weighted by Crippen LogP contribution is -2.46. The molecule has 0 bridgehead atoms. The van der Waals surface area contributed by atoms with Crippen molar-refractivity contribution in [1.82, 2.24) is 5.32 Å². The fourth-order valence-corrected chi connectivity index (χ4v) is 8.25. The minimum atomic E-state index is -4.31. The predicted octanol–water partition coefficient (Wildman–Crippen LogP) is 14.3. The summed E-state index contributed by atoms with van der Waals surface area (Å²) in [5, 5.41) is 14.0. The number of aliphatic hydroxyl groups is 1. The van der Waals surface area contributed by atoms with Crippen molar-refractivity contribution in [2.75, 3.05) is 40.9 Å². The Labute approximate surface area is 361 Å². The molecule has 1 amide bonds. The maximum absolute atomic E-state index is 12.9. The van der Waals surface area contributed by atoms with Gasteiger partial charge in [0.05, 0.1) is 39.9 Å². The van der Waals surface area contributed by atoms with Crippen molar-refractivity contribution in [3.63, 3.8) is 0 Å². The zero-order valence-corrected chi connectivity index (χ0v) is 40.2. The van der Waals surface area contributed by atoms with Gasteiger partial charge in [0.15, 0.2) is 0 Å². The van der Waals surface area contributed by atoms with Crippen molar-refractivity contribution in [3.05, 3.63) is 12.2 Å². The molecule has 0 spiro atoms. The third-order valence-electron chi connectivity index (χ3n) is 11.5. The zero-order chi connectivity index (χ0) is 42.8. The fourth-order valence-electron chi connectivity index (χ4n) is 7.51. The number of phosphoric ester groups is 1. The van der Waals surface area contributed by atoms with Gasteiger partial charge in [0.1, 0.15) is 13.2 Å². The molecule has 346 valence electrons. The molecule has 3 N–H and O–H groups in total. The molecule has 3 atom stereocenters. The molecule has 0 aromatic heterocycles. The first-order valence-electron chi connectivity index (χ1n) is 25.1. The standard InChI is InChI=1S/C49H99N2O6P/c1-6-8-10-12-14-16-18-20-22-23-24-25-26-27-29-31-33-35-37-39-41-43-49(53)50-47(46-57-58(54,55)56-45-44-51(3,4)5)48(52)42-40-38-36-34-32-30-28-21-19-17-15-13-11-9-7-2/h23-24,47-48,52H,6-22,25-46H2,1-5H3,(H-,50,53,54,55)/p+1/b24-23-. The molecule has 0 aliphatic rings. The van der Waals surface area contributed by atoms with Gasteiger partial charge in [0.2, 0.25) is 5.91 Å². The quantitative estimate of drug-likeness (QED) is 0.0244. The van der Waals surface area contributed by atoms with Gasteiger partial charge in [-0.2, -0.15) is 0 Å².